The second-order valence-corrected chi connectivity index (χ2v) is 5.03. The number of carbonyl (C=O) groups is 1. The lowest BCUT2D eigenvalue weighted by Gasteiger charge is -1.93. The molecular formula is C10H7IO2S. The van der Waals surface area contributed by atoms with E-state index >= 15 is 0 Å². The number of thiophene rings is 1. The van der Waals surface area contributed by atoms with Gasteiger partial charge in [0.05, 0.1) is 12.7 Å². The van der Waals surface area contributed by atoms with E-state index in [0.29, 0.717) is 10.6 Å². The predicted octanol–water partition coefficient (Wildman–Crippen LogP) is 3.33. The largest absolute Gasteiger partial charge is 0.487 e. The van der Waals surface area contributed by atoms with Crippen LogP contribution in [0.1, 0.15) is 10.4 Å². The molecule has 0 aliphatic rings. The van der Waals surface area contributed by atoms with Crippen molar-refractivity contribution in [3.63, 3.8) is 0 Å². The number of halogens is 1. The lowest BCUT2D eigenvalue weighted by Crippen LogP contribution is -1.83. The highest BCUT2D eigenvalue weighted by atomic mass is 127. The molecule has 0 bridgehead atoms. The molecule has 1 heterocycles. The smallest absolute Gasteiger partial charge is 0.185 e. The Morgan fingerprint density at radius 1 is 1.50 bits per heavy atom. The van der Waals surface area contributed by atoms with Crippen LogP contribution in [0.2, 0.25) is 0 Å². The molecule has 1 aromatic carbocycles. The van der Waals surface area contributed by atoms with Gasteiger partial charge in [-0.15, -0.1) is 0 Å². The lowest BCUT2D eigenvalue weighted by atomic mass is 10.2. The van der Waals surface area contributed by atoms with Gasteiger partial charge < -0.3 is 4.74 Å². The predicted molar refractivity (Wildman–Crippen MR) is 66.5 cm³/mol. The van der Waals surface area contributed by atoms with E-state index in [1.807, 2.05) is 12.1 Å². The van der Waals surface area contributed by atoms with Gasteiger partial charge >= 0.3 is 0 Å². The Kier molecular flexibility index (Phi) is 2.73. The molecule has 0 fully saturated rings. The first kappa shape index (κ1) is 9.92. The monoisotopic (exact) mass is 318 g/mol. The van der Waals surface area contributed by atoms with Crippen molar-refractivity contribution in [2.45, 2.75) is 0 Å². The SMILES string of the molecule is COc1sc2cc(I)ccc2c1C=O. The van der Waals surface area contributed by atoms with E-state index in [2.05, 4.69) is 28.7 Å². The second kappa shape index (κ2) is 3.86. The highest BCUT2D eigenvalue weighted by Crippen LogP contribution is 2.36. The molecule has 0 amide bonds. The fraction of sp³-hybridized carbons (Fsp3) is 0.100. The number of benzene rings is 1. The lowest BCUT2D eigenvalue weighted by molar-refractivity contribution is 0.112. The Hall–Kier alpha value is -0.620. The molecule has 0 aliphatic carbocycles. The van der Waals surface area contributed by atoms with Crippen molar-refractivity contribution in [3.8, 4) is 5.06 Å². The Morgan fingerprint density at radius 3 is 2.93 bits per heavy atom. The summed E-state index contributed by atoms with van der Waals surface area (Å²) < 4.78 is 7.40. The summed E-state index contributed by atoms with van der Waals surface area (Å²) in [6.45, 7) is 0. The van der Waals surface area contributed by atoms with Gasteiger partial charge in [0.2, 0.25) is 0 Å². The molecule has 0 unspecified atom stereocenters. The van der Waals surface area contributed by atoms with Crippen molar-refractivity contribution in [2.24, 2.45) is 0 Å². The van der Waals surface area contributed by atoms with E-state index in [4.69, 9.17) is 4.74 Å². The molecule has 1 aromatic heterocycles. The Bertz CT molecular complexity index is 490. The molecule has 0 saturated heterocycles. The van der Waals surface area contributed by atoms with Crippen LogP contribution in [0.25, 0.3) is 10.1 Å². The summed E-state index contributed by atoms with van der Waals surface area (Å²) in [6, 6.07) is 6.00. The summed E-state index contributed by atoms with van der Waals surface area (Å²) in [5, 5.41) is 1.67. The van der Waals surface area contributed by atoms with Crippen molar-refractivity contribution >= 4 is 50.3 Å². The third-order valence-electron chi connectivity index (χ3n) is 1.96. The molecule has 0 aliphatic heterocycles. The Balaban J connectivity index is 2.79. The van der Waals surface area contributed by atoms with Crippen LogP contribution < -0.4 is 4.74 Å². The van der Waals surface area contributed by atoms with Crippen molar-refractivity contribution < 1.29 is 9.53 Å². The van der Waals surface area contributed by atoms with Gasteiger partial charge in [0.1, 0.15) is 0 Å². The maximum Gasteiger partial charge on any atom is 0.185 e. The van der Waals surface area contributed by atoms with Crippen molar-refractivity contribution in [3.05, 3.63) is 27.3 Å². The zero-order valence-electron chi connectivity index (χ0n) is 7.41. The second-order valence-electron chi connectivity index (χ2n) is 2.77. The molecule has 0 radical (unpaired) electrons. The highest BCUT2D eigenvalue weighted by molar-refractivity contribution is 14.1. The van der Waals surface area contributed by atoms with E-state index < -0.39 is 0 Å². The summed E-state index contributed by atoms with van der Waals surface area (Å²) in [5.41, 5.74) is 0.656. The minimum absolute atomic E-state index is 0.656. The molecule has 2 aromatic rings. The summed E-state index contributed by atoms with van der Waals surface area (Å²) in [7, 11) is 1.59. The summed E-state index contributed by atoms with van der Waals surface area (Å²) >= 11 is 3.75. The van der Waals surface area contributed by atoms with E-state index in [0.717, 1.165) is 19.9 Å². The fourth-order valence-corrected chi connectivity index (χ4v) is 3.06. The van der Waals surface area contributed by atoms with Crippen molar-refractivity contribution in [2.75, 3.05) is 7.11 Å². The van der Waals surface area contributed by atoms with Crippen LogP contribution in [0.3, 0.4) is 0 Å². The molecular weight excluding hydrogens is 311 g/mol. The van der Waals surface area contributed by atoms with Gasteiger partial charge in [0.15, 0.2) is 11.3 Å². The quantitative estimate of drug-likeness (QED) is 0.627. The average Bonchev–Trinajstić information content (AvgIpc) is 2.54. The van der Waals surface area contributed by atoms with Gasteiger partial charge in [0, 0.05) is 13.7 Å². The maximum atomic E-state index is 10.9. The third kappa shape index (κ3) is 1.52. The first-order valence-electron chi connectivity index (χ1n) is 3.97. The molecule has 0 atom stereocenters. The van der Waals surface area contributed by atoms with Gasteiger partial charge in [-0.2, -0.15) is 0 Å². The fourth-order valence-electron chi connectivity index (χ4n) is 1.33. The summed E-state index contributed by atoms with van der Waals surface area (Å²) in [6.07, 6.45) is 0.852. The molecule has 0 spiro atoms. The molecule has 0 N–H and O–H groups in total. The molecule has 4 heteroatoms. The van der Waals surface area contributed by atoms with E-state index in [1.54, 1.807) is 7.11 Å². The van der Waals surface area contributed by atoms with E-state index in [9.17, 15) is 4.79 Å². The maximum absolute atomic E-state index is 10.9. The number of hydrogen-bond donors (Lipinski definition) is 0. The Labute approximate surface area is 99.0 Å². The van der Waals surface area contributed by atoms with E-state index in [1.165, 1.54) is 11.3 Å². The number of fused-ring (bicyclic) bond motifs is 1. The number of ether oxygens (including phenoxy) is 1. The zero-order chi connectivity index (χ0) is 10.1. The molecule has 0 saturated carbocycles. The van der Waals surface area contributed by atoms with Gasteiger partial charge in [-0.25, -0.2) is 0 Å². The summed E-state index contributed by atoms with van der Waals surface area (Å²) in [5.74, 6) is 0. The molecule has 2 nitrogen and oxygen atoms in total. The van der Waals surface area contributed by atoms with Gasteiger partial charge in [-0.3, -0.25) is 4.79 Å². The number of aldehydes is 1. The topological polar surface area (TPSA) is 26.3 Å². The van der Waals surface area contributed by atoms with Crippen LogP contribution in [-0.4, -0.2) is 13.4 Å². The minimum atomic E-state index is 0.656. The van der Waals surface area contributed by atoms with Crippen LogP contribution in [0.4, 0.5) is 0 Å². The minimum Gasteiger partial charge on any atom is -0.487 e. The van der Waals surface area contributed by atoms with Gasteiger partial charge in [-0.05, 0) is 34.7 Å². The Morgan fingerprint density at radius 2 is 2.29 bits per heavy atom. The average molecular weight is 318 g/mol. The van der Waals surface area contributed by atoms with Crippen molar-refractivity contribution in [1.29, 1.82) is 0 Å². The normalized spacial score (nSPS) is 10.4. The number of methoxy groups -OCH3 is 1. The highest BCUT2D eigenvalue weighted by Gasteiger charge is 2.11. The van der Waals surface area contributed by atoms with Crippen LogP contribution >= 0.6 is 33.9 Å². The third-order valence-corrected chi connectivity index (χ3v) is 3.76. The molecule has 72 valence electrons. The van der Waals surface area contributed by atoms with Gasteiger partial charge in [-0.1, -0.05) is 17.4 Å². The van der Waals surface area contributed by atoms with Crippen LogP contribution in [0.15, 0.2) is 18.2 Å². The molecule has 14 heavy (non-hydrogen) atoms. The number of carbonyl (C=O) groups excluding carboxylic acids is 1. The standard InChI is InChI=1S/C10H7IO2S/c1-13-10-8(5-12)7-3-2-6(11)4-9(7)14-10/h2-5H,1H3. The van der Waals surface area contributed by atoms with E-state index in [-0.39, 0.29) is 0 Å². The first-order chi connectivity index (χ1) is 6.76. The van der Waals surface area contributed by atoms with Gasteiger partial charge in [0.25, 0.3) is 0 Å². The number of hydrogen-bond acceptors (Lipinski definition) is 3. The number of rotatable bonds is 2. The van der Waals surface area contributed by atoms with Crippen molar-refractivity contribution in [1.82, 2.24) is 0 Å². The molecule has 2 rings (SSSR count). The van der Waals surface area contributed by atoms with Crippen LogP contribution in [-0.2, 0) is 0 Å². The first-order valence-corrected chi connectivity index (χ1v) is 5.87. The zero-order valence-corrected chi connectivity index (χ0v) is 10.4. The van der Waals surface area contributed by atoms with Crippen LogP contribution in [0, 0.1) is 3.57 Å². The summed E-state index contributed by atoms with van der Waals surface area (Å²) in [4.78, 5) is 10.9. The van der Waals surface area contributed by atoms with Crippen LogP contribution in [0.5, 0.6) is 5.06 Å².